The summed E-state index contributed by atoms with van der Waals surface area (Å²) in [5.74, 6) is 0. The van der Waals surface area contributed by atoms with Crippen LogP contribution < -0.4 is 0 Å². The molecule has 1 aliphatic rings. The summed E-state index contributed by atoms with van der Waals surface area (Å²) in [6.07, 6.45) is 7.59. The summed E-state index contributed by atoms with van der Waals surface area (Å²) >= 11 is 0. The Labute approximate surface area is 89.2 Å². The molecule has 1 aliphatic carbocycles. The van der Waals surface area contributed by atoms with E-state index in [1.807, 2.05) is 6.08 Å². The Morgan fingerprint density at radius 1 is 1.36 bits per heavy atom. The van der Waals surface area contributed by atoms with Crippen molar-refractivity contribution >= 4 is 8.07 Å². The summed E-state index contributed by atoms with van der Waals surface area (Å²) in [5, 5.41) is 10.2. The van der Waals surface area contributed by atoms with Crippen LogP contribution >= 0.6 is 0 Å². The van der Waals surface area contributed by atoms with Gasteiger partial charge in [0.1, 0.15) is 0 Å². The quantitative estimate of drug-likeness (QED) is 0.545. The van der Waals surface area contributed by atoms with E-state index in [1.165, 1.54) is 24.9 Å². The van der Waals surface area contributed by atoms with Crippen LogP contribution in [0.2, 0.25) is 25.2 Å². The second-order valence-corrected chi connectivity index (χ2v) is 10.8. The van der Waals surface area contributed by atoms with E-state index in [0.29, 0.717) is 0 Å². The molecule has 1 saturated carbocycles. The Bertz CT molecular complexity index is 192. The van der Waals surface area contributed by atoms with Gasteiger partial charge in [-0.3, -0.25) is 0 Å². The third kappa shape index (κ3) is 3.58. The van der Waals surface area contributed by atoms with E-state index >= 15 is 0 Å². The van der Waals surface area contributed by atoms with Crippen LogP contribution in [-0.4, -0.2) is 18.8 Å². The SMILES string of the molecule is C=CC[Si](C)(C)CCC1(O)CCCC1. The predicted octanol–water partition coefficient (Wildman–Crippen LogP) is 3.58. The molecule has 1 fully saturated rings. The molecule has 0 aromatic carbocycles. The van der Waals surface area contributed by atoms with Gasteiger partial charge in [0.2, 0.25) is 0 Å². The molecule has 0 heterocycles. The Balaban J connectivity index is 2.34. The van der Waals surface area contributed by atoms with Crippen LogP contribution in [-0.2, 0) is 0 Å². The number of aliphatic hydroxyl groups is 1. The van der Waals surface area contributed by atoms with Crippen molar-refractivity contribution in [2.24, 2.45) is 0 Å². The van der Waals surface area contributed by atoms with Gasteiger partial charge in [-0.15, -0.1) is 6.58 Å². The number of hydrogen-bond acceptors (Lipinski definition) is 1. The van der Waals surface area contributed by atoms with Crippen LogP contribution in [0.3, 0.4) is 0 Å². The van der Waals surface area contributed by atoms with Crippen LogP contribution in [0.5, 0.6) is 0 Å². The molecule has 0 amide bonds. The van der Waals surface area contributed by atoms with Gasteiger partial charge >= 0.3 is 0 Å². The second-order valence-electron chi connectivity index (χ2n) is 5.59. The third-order valence-corrected chi connectivity index (χ3v) is 6.50. The molecule has 0 unspecified atom stereocenters. The van der Waals surface area contributed by atoms with Gasteiger partial charge in [-0.25, -0.2) is 0 Å². The molecule has 0 radical (unpaired) electrons. The second kappa shape index (κ2) is 4.62. The fourth-order valence-corrected chi connectivity index (χ4v) is 4.47. The lowest BCUT2D eigenvalue weighted by Crippen LogP contribution is -2.31. The van der Waals surface area contributed by atoms with Crippen LogP contribution in [0.1, 0.15) is 32.1 Å². The number of allylic oxidation sites excluding steroid dienone is 1. The van der Waals surface area contributed by atoms with Gasteiger partial charge in [0.05, 0.1) is 13.7 Å². The molecule has 0 aromatic heterocycles. The van der Waals surface area contributed by atoms with Crippen molar-refractivity contribution in [1.29, 1.82) is 0 Å². The molecule has 0 bridgehead atoms. The minimum Gasteiger partial charge on any atom is -0.390 e. The Hall–Kier alpha value is -0.0831. The highest BCUT2D eigenvalue weighted by Crippen LogP contribution is 2.35. The van der Waals surface area contributed by atoms with E-state index < -0.39 is 8.07 Å². The van der Waals surface area contributed by atoms with Gasteiger partial charge in [-0.1, -0.05) is 38.1 Å². The van der Waals surface area contributed by atoms with E-state index in [0.717, 1.165) is 19.3 Å². The molecular weight excluding hydrogens is 188 g/mol. The monoisotopic (exact) mass is 212 g/mol. The molecule has 0 spiro atoms. The number of rotatable bonds is 5. The van der Waals surface area contributed by atoms with Crippen molar-refractivity contribution in [3.8, 4) is 0 Å². The maximum Gasteiger partial charge on any atom is 0.0645 e. The molecule has 2 heteroatoms. The van der Waals surface area contributed by atoms with Gasteiger partial charge in [-0.05, 0) is 25.3 Å². The fourth-order valence-electron chi connectivity index (χ4n) is 2.35. The molecule has 82 valence electrons. The van der Waals surface area contributed by atoms with Crippen LogP contribution in [0.25, 0.3) is 0 Å². The van der Waals surface area contributed by atoms with Crippen LogP contribution in [0.15, 0.2) is 12.7 Å². The summed E-state index contributed by atoms with van der Waals surface area (Å²) < 4.78 is 0. The normalized spacial score (nSPS) is 21.1. The average molecular weight is 212 g/mol. The zero-order valence-electron chi connectivity index (χ0n) is 9.68. The van der Waals surface area contributed by atoms with Crippen LogP contribution in [0, 0.1) is 0 Å². The van der Waals surface area contributed by atoms with E-state index in [4.69, 9.17) is 0 Å². The fraction of sp³-hybridized carbons (Fsp3) is 0.833. The molecule has 0 atom stereocenters. The van der Waals surface area contributed by atoms with Gasteiger partial charge in [-0.2, -0.15) is 0 Å². The molecule has 14 heavy (non-hydrogen) atoms. The number of hydrogen-bond donors (Lipinski definition) is 1. The molecular formula is C12H24OSi. The zero-order valence-corrected chi connectivity index (χ0v) is 10.7. The van der Waals surface area contributed by atoms with Crippen molar-refractivity contribution in [1.82, 2.24) is 0 Å². The molecule has 0 aliphatic heterocycles. The van der Waals surface area contributed by atoms with E-state index in [2.05, 4.69) is 19.7 Å². The standard InChI is InChI=1S/C12H24OSi/c1-4-10-14(2,3)11-9-12(13)7-5-6-8-12/h4,13H,1,5-11H2,2-3H3. The van der Waals surface area contributed by atoms with Crippen molar-refractivity contribution in [3.05, 3.63) is 12.7 Å². The average Bonchev–Trinajstić information content (AvgIpc) is 2.50. The topological polar surface area (TPSA) is 20.2 Å². The highest BCUT2D eigenvalue weighted by molar-refractivity contribution is 6.77. The Morgan fingerprint density at radius 2 is 1.93 bits per heavy atom. The lowest BCUT2D eigenvalue weighted by molar-refractivity contribution is 0.0435. The summed E-state index contributed by atoms with van der Waals surface area (Å²) in [5.41, 5.74) is -0.300. The van der Waals surface area contributed by atoms with Crippen molar-refractivity contribution in [2.45, 2.75) is 62.9 Å². The molecule has 0 saturated heterocycles. The first-order valence-corrected chi connectivity index (χ1v) is 9.22. The minimum atomic E-state index is -1.10. The highest BCUT2D eigenvalue weighted by Gasteiger charge is 2.33. The van der Waals surface area contributed by atoms with E-state index in [1.54, 1.807) is 0 Å². The molecule has 0 aromatic rings. The Morgan fingerprint density at radius 3 is 2.43 bits per heavy atom. The van der Waals surface area contributed by atoms with Gasteiger partial charge < -0.3 is 5.11 Å². The van der Waals surface area contributed by atoms with Crippen molar-refractivity contribution in [2.75, 3.05) is 0 Å². The zero-order chi connectivity index (χ0) is 10.7. The van der Waals surface area contributed by atoms with Crippen molar-refractivity contribution < 1.29 is 5.11 Å². The highest BCUT2D eigenvalue weighted by atomic mass is 28.3. The summed E-state index contributed by atoms with van der Waals surface area (Å²) in [4.78, 5) is 0. The summed E-state index contributed by atoms with van der Waals surface area (Å²) in [6, 6.07) is 2.43. The first kappa shape index (κ1) is 12.0. The summed E-state index contributed by atoms with van der Waals surface area (Å²) in [7, 11) is -1.10. The predicted molar refractivity (Wildman–Crippen MR) is 65.3 cm³/mol. The lowest BCUT2D eigenvalue weighted by Gasteiger charge is -2.27. The smallest absolute Gasteiger partial charge is 0.0645 e. The van der Waals surface area contributed by atoms with Gasteiger partial charge in [0.15, 0.2) is 0 Å². The van der Waals surface area contributed by atoms with E-state index in [-0.39, 0.29) is 5.60 Å². The maximum atomic E-state index is 10.2. The molecule has 1 N–H and O–H groups in total. The van der Waals surface area contributed by atoms with Crippen LogP contribution in [0.4, 0.5) is 0 Å². The maximum absolute atomic E-state index is 10.2. The van der Waals surface area contributed by atoms with Gasteiger partial charge in [0.25, 0.3) is 0 Å². The molecule has 1 nitrogen and oxygen atoms in total. The minimum absolute atomic E-state index is 0.300. The third-order valence-electron chi connectivity index (χ3n) is 3.50. The van der Waals surface area contributed by atoms with Gasteiger partial charge in [0, 0.05) is 0 Å². The largest absolute Gasteiger partial charge is 0.390 e. The Kier molecular flexibility index (Phi) is 3.96. The van der Waals surface area contributed by atoms with Crippen molar-refractivity contribution in [3.63, 3.8) is 0 Å². The van der Waals surface area contributed by atoms with E-state index in [9.17, 15) is 5.11 Å². The lowest BCUT2D eigenvalue weighted by atomic mass is 10.00. The first-order chi connectivity index (χ1) is 6.47. The molecule has 1 rings (SSSR count). The summed E-state index contributed by atoms with van der Waals surface area (Å²) in [6.45, 7) is 8.61. The first-order valence-electron chi connectivity index (χ1n) is 5.81.